The normalized spacial score (nSPS) is 15.8. The number of nitrogens with one attached hydrogen (secondary N) is 1. The Morgan fingerprint density at radius 1 is 1.21 bits per heavy atom. The lowest BCUT2D eigenvalue weighted by molar-refractivity contribution is -0.121. The van der Waals surface area contributed by atoms with E-state index in [-0.39, 0.29) is 17.5 Å². The van der Waals surface area contributed by atoms with E-state index in [1.165, 1.54) is 32.1 Å². The summed E-state index contributed by atoms with van der Waals surface area (Å²) >= 11 is 0. The molecule has 1 aliphatic carbocycles. The van der Waals surface area contributed by atoms with Crippen molar-refractivity contribution in [3.63, 3.8) is 0 Å². The summed E-state index contributed by atoms with van der Waals surface area (Å²) in [7, 11) is 0. The van der Waals surface area contributed by atoms with Gasteiger partial charge in [-0.2, -0.15) is 0 Å². The van der Waals surface area contributed by atoms with Crippen molar-refractivity contribution in [1.82, 2.24) is 5.32 Å². The minimum atomic E-state index is -1.01. The Morgan fingerprint density at radius 3 is 2.64 bits per heavy atom. The molecule has 0 aliphatic heterocycles. The SMILES string of the molecule is CCCCOc1ccc(C(C)NC(=O)CCCC2CCCCC2)cc1C(=O)O. The van der Waals surface area contributed by atoms with Crippen molar-refractivity contribution in [2.24, 2.45) is 5.92 Å². The highest BCUT2D eigenvalue weighted by Crippen LogP contribution is 2.28. The fraction of sp³-hybridized carbons (Fsp3) is 0.652. The number of ether oxygens (including phenoxy) is 1. The zero-order valence-corrected chi connectivity index (χ0v) is 17.3. The fourth-order valence-electron chi connectivity index (χ4n) is 3.86. The summed E-state index contributed by atoms with van der Waals surface area (Å²) in [5, 5.41) is 12.5. The van der Waals surface area contributed by atoms with E-state index in [9.17, 15) is 14.7 Å². The number of unbranched alkanes of at least 4 members (excludes halogenated alkanes) is 1. The Hall–Kier alpha value is -2.04. The molecule has 28 heavy (non-hydrogen) atoms. The Labute approximate surface area is 168 Å². The molecule has 2 N–H and O–H groups in total. The minimum absolute atomic E-state index is 0.0310. The molecule has 0 saturated heterocycles. The van der Waals surface area contributed by atoms with Gasteiger partial charge in [0.1, 0.15) is 11.3 Å². The highest BCUT2D eigenvalue weighted by Gasteiger charge is 2.17. The van der Waals surface area contributed by atoms with E-state index in [0.717, 1.165) is 37.2 Å². The summed E-state index contributed by atoms with van der Waals surface area (Å²) in [5.41, 5.74) is 0.924. The second-order valence-corrected chi connectivity index (χ2v) is 7.95. The summed E-state index contributed by atoms with van der Waals surface area (Å²) in [6.07, 6.45) is 11.1. The smallest absolute Gasteiger partial charge is 0.339 e. The van der Waals surface area contributed by atoms with Crippen LogP contribution in [0.4, 0.5) is 0 Å². The number of carboxylic acids is 1. The standard InChI is InChI=1S/C23H35NO4/c1-3-4-15-28-21-14-13-19(16-20(21)23(26)27)17(2)24-22(25)12-8-11-18-9-6-5-7-10-18/h13-14,16-18H,3-12,15H2,1-2H3,(H,24,25)(H,26,27). The van der Waals surface area contributed by atoms with Crippen LogP contribution in [0, 0.1) is 5.92 Å². The Balaban J connectivity index is 1.86. The van der Waals surface area contributed by atoms with Crippen LogP contribution in [0.1, 0.15) is 100 Å². The molecule has 5 nitrogen and oxygen atoms in total. The van der Waals surface area contributed by atoms with E-state index < -0.39 is 5.97 Å². The molecule has 1 fully saturated rings. The molecule has 1 atom stereocenters. The number of rotatable bonds is 11. The van der Waals surface area contributed by atoms with Gasteiger partial charge in [0.05, 0.1) is 12.6 Å². The summed E-state index contributed by atoms with van der Waals surface area (Å²) in [4.78, 5) is 23.9. The van der Waals surface area contributed by atoms with Crippen molar-refractivity contribution in [3.05, 3.63) is 29.3 Å². The number of carbonyl (C=O) groups is 2. The zero-order chi connectivity index (χ0) is 20.4. The van der Waals surface area contributed by atoms with Crippen LogP contribution in [-0.2, 0) is 4.79 Å². The molecule has 0 spiro atoms. The number of aromatic carboxylic acids is 1. The molecule has 0 aromatic heterocycles. The monoisotopic (exact) mass is 389 g/mol. The first kappa shape index (κ1) is 22.3. The second-order valence-electron chi connectivity index (χ2n) is 7.95. The Bertz CT molecular complexity index is 637. The minimum Gasteiger partial charge on any atom is -0.493 e. The van der Waals surface area contributed by atoms with E-state index in [2.05, 4.69) is 12.2 Å². The largest absolute Gasteiger partial charge is 0.493 e. The van der Waals surface area contributed by atoms with E-state index in [1.807, 2.05) is 13.0 Å². The van der Waals surface area contributed by atoms with Crippen LogP contribution >= 0.6 is 0 Å². The van der Waals surface area contributed by atoms with Gasteiger partial charge in [-0.25, -0.2) is 4.79 Å². The highest BCUT2D eigenvalue weighted by atomic mass is 16.5. The van der Waals surface area contributed by atoms with Crippen molar-refractivity contribution in [3.8, 4) is 5.75 Å². The third-order valence-corrected chi connectivity index (χ3v) is 5.61. The van der Waals surface area contributed by atoms with Crippen LogP contribution < -0.4 is 10.1 Å². The third-order valence-electron chi connectivity index (χ3n) is 5.61. The number of amides is 1. The molecule has 1 saturated carbocycles. The summed E-state index contributed by atoms with van der Waals surface area (Å²) in [6.45, 7) is 4.45. The average molecular weight is 390 g/mol. The molecule has 1 aliphatic rings. The maximum atomic E-state index is 12.3. The average Bonchev–Trinajstić information content (AvgIpc) is 2.69. The highest BCUT2D eigenvalue weighted by molar-refractivity contribution is 5.91. The number of hydrogen-bond acceptors (Lipinski definition) is 3. The van der Waals surface area contributed by atoms with Crippen LogP contribution in [0.5, 0.6) is 5.75 Å². The first-order valence-electron chi connectivity index (χ1n) is 10.8. The van der Waals surface area contributed by atoms with Gasteiger partial charge in [-0.05, 0) is 49.8 Å². The number of carbonyl (C=O) groups excluding carboxylic acids is 1. The van der Waals surface area contributed by atoms with E-state index in [4.69, 9.17) is 4.74 Å². The maximum absolute atomic E-state index is 12.3. The van der Waals surface area contributed by atoms with Gasteiger partial charge in [0.15, 0.2) is 0 Å². The van der Waals surface area contributed by atoms with Gasteiger partial charge < -0.3 is 15.2 Å². The molecule has 1 aromatic rings. The number of carboxylic acid groups (broad SMARTS) is 1. The quantitative estimate of drug-likeness (QED) is 0.491. The van der Waals surface area contributed by atoms with Crippen LogP contribution in [0.25, 0.3) is 0 Å². The molecule has 1 aromatic carbocycles. The van der Waals surface area contributed by atoms with Crippen molar-refractivity contribution >= 4 is 11.9 Å². The van der Waals surface area contributed by atoms with Crippen LogP contribution in [0.3, 0.4) is 0 Å². The molecular weight excluding hydrogens is 354 g/mol. The zero-order valence-electron chi connectivity index (χ0n) is 17.3. The lowest BCUT2D eigenvalue weighted by atomic mass is 9.86. The van der Waals surface area contributed by atoms with E-state index in [1.54, 1.807) is 12.1 Å². The molecular formula is C23H35NO4. The summed E-state index contributed by atoms with van der Waals surface area (Å²) in [6, 6.07) is 4.90. The maximum Gasteiger partial charge on any atom is 0.339 e. The lowest BCUT2D eigenvalue weighted by Crippen LogP contribution is -2.26. The molecule has 0 radical (unpaired) electrons. The van der Waals surface area contributed by atoms with Gasteiger partial charge in [-0.3, -0.25) is 4.79 Å². The van der Waals surface area contributed by atoms with Gasteiger partial charge >= 0.3 is 5.97 Å². The van der Waals surface area contributed by atoms with Gasteiger partial charge in [0, 0.05) is 6.42 Å². The van der Waals surface area contributed by atoms with Crippen LogP contribution in [0.2, 0.25) is 0 Å². The molecule has 0 heterocycles. The summed E-state index contributed by atoms with van der Waals surface area (Å²) < 4.78 is 5.60. The van der Waals surface area contributed by atoms with Gasteiger partial charge in [-0.15, -0.1) is 0 Å². The molecule has 1 amide bonds. The third kappa shape index (κ3) is 7.17. The van der Waals surface area contributed by atoms with Crippen molar-refractivity contribution in [2.45, 2.75) is 84.1 Å². The lowest BCUT2D eigenvalue weighted by Gasteiger charge is -2.21. The van der Waals surface area contributed by atoms with Crippen LogP contribution in [0.15, 0.2) is 18.2 Å². The molecule has 5 heteroatoms. The van der Waals surface area contributed by atoms with Gasteiger partial charge in [0.25, 0.3) is 0 Å². The molecule has 0 bridgehead atoms. The van der Waals surface area contributed by atoms with Crippen LogP contribution in [-0.4, -0.2) is 23.6 Å². The predicted molar refractivity (Wildman–Crippen MR) is 111 cm³/mol. The van der Waals surface area contributed by atoms with E-state index in [0.29, 0.717) is 18.8 Å². The number of hydrogen-bond donors (Lipinski definition) is 2. The Kier molecular flexibility index (Phi) is 9.32. The van der Waals surface area contributed by atoms with Crippen molar-refractivity contribution in [1.29, 1.82) is 0 Å². The molecule has 156 valence electrons. The first-order chi connectivity index (χ1) is 13.5. The second kappa shape index (κ2) is 11.7. The molecule has 1 unspecified atom stereocenters. The van der Waals surface area contributed by atoms with Gasteiger partial charge in [0.2, 0.25) is 5.91 Å². The predicted octanol–water partition coefficient (Wildman–Crippen LogP) is 5.49. The van der Waals surface area contributed by atoms with Gasteiger partial charge in [-0.1, -0.05) is 51.5 Å². The molecule has 2 rings (SSSR count). The number of benzene rings is 1. The summed E-state index contributed by atoms with van der Waals surface area (Å²) in [5.74, 6) is 0.191. The Morgan fingerprint density at radius 2 is 1.96 bits per heavy atom. The van der Waals surface area contributed by atoms with Crippen molar-refractivity contribution in [2.75, 3.05) is 6.61 Å². The topological polar surface area (TPSA) is 75.6 Å². The first-order valence-corrected chi connectivity index (χ1v) is 10.8. The fourth-order valence-corrected chi connectivity index (χ4v) is 3.86. The van der Waals surface area contributed by atoms with E-state index >= 15 is 0 Å². The van der Waals surface area contributed by atoms with Crippen molar-refractivity contribution < 1.29 is 19.4 Å².